The zero-order chi connectivity index (χ0) is 24.7. The van der Waals surface area contributed by atoms with E-state index in [1.807, 2.05) is 0 Å². The highest BCUT2D eigenvalue weighted by Crippen LogP contribution is 2.42. The Hall–Kier alpha value is -3.39. The van der Waals surface area contributed by atoms with E-state index in [4.69, 9.17) is 21.1 Å². The Morgan fingerprint density at radius 3 is 2.59 bits per heavy atom. The van der Waals surface area contributed by atoms with E-state index in [-0.39, 0.29) is 5.78 Å². The number of ether oxygens (including phenoxy) is 2. The Balaban J connectivity index is 1.62. The fourth-order valence-electron chi connectivity index (χ4n) is 4.15. The number of carbonyl (C=O) groups excluding carboxylic acids is 4. The van der Waals surface area contributed by atoms with Gasteiger partial charge in [0, 0.05) is 29.6 Å². The van der Waals surface area contributed by atoms with Gasteiger partial charge in [0.25, 0.3) is 11.8 Å². The summed E-state index contributed by atoms with van der Waals surface area (Å²) < 4.78 is 10.2. The van der Waals surface area contributed by atoms with Crippen molar-refractivity contribution in [3.8, 4) is 5.75 Å². The Bertz CT molecular complexity index is 1090. The highest BCUT2D eigenvalue weighted by Gasteiger charge is 2.48. The molecule has 0 aliphatic heterocycles. The molecule has 0 saturated heterocycles. The first-order valence-corrected chi connectivity index (χ1v) is 11.3. The zero-order valence-electron chi connectivity index (χ0n) is 19.1. The van der Waals surface area contributed by atoms with Gasteiger partial charge in [0.1, 0.15) is 17.8 Å². The number of nitrogens with one attached hydrogen (secondary N) is 1. The van der Waals surface area contributed by atoms with Crippen molar-refractivity contribution in [3.63, 3.8) is 0 Å². The number of esters is 1. The van der Waals surface area contributed by atoms with Gasteiger partial charge in [0.2, 0.25) is 0 Å². The van der Waals surface area contributed by atoms with Gasteiger partial charge in [-0.1, -0.05) is 35.9 Å². The maximum Gasteiger partial charge on any atom is 0.325 e. The molecule has 1 atom stereocenters. The number of ketones is 1. The number of carbonyl (C=O) groups is 4. The van der Waals surface area contributed by atoms with Gasteiger partial charge in [0.05, 0.1) is 7.11 Å². The van der Waals surface area contributed by atoms with Crippen molar-refractivity contribution in [2.45, 2.75) is 31.2 Å². The normalized spacial score (nSPS) is 17.6. The van der Waals surface area contributed by atoms with Crippen LogP contribution in [0.5, 0.6) is 5.75 Å². The number of halogens is 1. The summed E-state index contributed by atoms with van der Waals surface area (Å²) in [5.41, 5.74) is -0.324. The average Bonchev–Trinajstić information content (AvgIpc) is 2.86. The summed E-state index contributed by atoms with van der Waals surface area (Å²) in [4.78, 5) is 51.8. The molecular weight excluding hydrogens is 460 g/mol. The van der Waals surface area contributed by atoms with Gasteiger partial charge in [-0.3, -0.25) is 19.2 Å². The van der Waals surface area contributed by atoms with Crippen LogP contribution >= 0.6 is 11.6 Å². The molecule has 34 heavy (non-hydrogen) atoms. The van der Waals surface area contributed by atoms with Crippen LogP contribution in [0.4, 0.5) is 0 Å². The van der Waals surface area contributed by atoms with Gasteiger partial charge in [-0.25, -0.2) is 0 Å². The fourth-order valence-corrected chi connectivity index (χ4v) is 4.44. The molecule has 2 aromatic rings. The van der Waals surface area contributed by atoms with Crippen molar-refractivity contribution < 1.29 is 28.7 Å². The first-order chi connectivity index (χ1) is 16.3. The molecule has 180 valence electrons. The van der Waals surface area contributed by atoms with Crippen molar-refractivity contribution in [1.29, 1.82) is 0 Å². The maximum absolute atomic E-state index is 13.1. The summed E-state index contributed by atoms with van der Waals surface area (Å²) >= 11 is 6.41. The number of amides is 2. The van der Waals surface area contributed by atoms with Crippen LogP contribution in [0.3, 0.4) is 0 Å². The molecule has 2 aromatic carbocycles. The van der Waals surface area contributed by atoms with Crippen LogP contribution in [0.2, 0.25) is 5.02 Å². The van der Waals surface area contributed by atoms with E-state index in [9.17, 15) is 19.2 Å². The van der Waals surface area contributed by atoms with Crippen LogP contribution in [0.25, 0.3) is 0 Å². The summed E-state index contributed by atoms with van der Waals surface area (Å²) in [6.45, 7) is -0.981. The van der Waals surface area contributed by atoms with E-state index in [1.165, 1.54) is 25.1 Å². The lowest BCUT2D eigenvalue weighted by atomic mass is 9.74. The molecule has 3 rings (SSSR count). The molecule has 2 amide bonds. The van der Waals surface area contributed by atoms with Gasteiger partial charge in [-0.15, -0.1) is 0 Å². The fraction of sp³-hybridized carbons (Fsp3) is 0.360. The maximum atomic E-state index is 13.1. The van der Waals surface area contributed by atoms with Crippen LogP contribution in [-0.2, 0) is 24.7 Å². The number of methoxy groups -OCH3 is 1. The van der Waals surface area contributed by atoms with E-state index in [0.717, 1.165) is 12.8 Å². The van der Waals surface area contributed by atoms with E-state index in [1.54, 1.807) is 42.5 Å². The molecule has 9 heteroatoms. The lowest BCUT2D eigenvalue weighted by Gasteiger charge is -2.43. The average molecular weight is 487 g/mol. The number of rotatable bonds is 8. The molecule has 1 saturated carbocycles. The molecule has 1 N–H and O–H groups in total. The number of Topliss-reactive ketones (excluding diaryl/α,β-unsaturated/α-hetero) is 1. The van der Waals surface area contributed by atoms with Gasteiger partial charge in [-0.2, -0.15) is 0 Å². The summed E-state index contributed by atoms with van der Waals surface area (Å²) in [6.07, 6.45) is 2.26. The Labute approximate surface area is 203 Å². The van der Waals surface area contributed by atoms with E-state index in [0.29, 0.717) is 34.7 Å². The number of hydrogen-bond acceptors (Lipinski definition) is 6. The highest BCUT2D eigenvalue weighted by molar-refractivity contribution is 6.31. The minimum absolute atomic E-state index is 0.0976. The van der Waals surface area contributed by atoms with Crippen LogP contribution < -0.4 is 10.1 Å². The largest absolute Gasteiger partial charge is 0.497 e. The molecule has 8 nitrogen and oxygen atoms in total. The van der Waals surface area contributed by atoms with Crippen LogP contribution in [0.15, 0.2) is 48.5 Å². The Morgan fingerprint density at radius 1 is 1.12 bits per heavy atom. The quantitative estimate of drug-likeness (QED) is 0.575. The molecule has 0 heterocycles. The third-order valence-corrected chi connectivity index (χ3v) is 6.33. The first-order valence-electron chi connectivity index (χ1n) is 10.9. The molecule has 1 aliphatic carbocycles. The molecule has 0 bridgehead atoms. The Kier molecular flexibility index (Phi) is 8.28. The number of nitrogens with zero attached hydrogens (tertiary/aromatic N) is 1. The van der Waals surface area contributed by atoms with Crippen LogP contribution in [0, 0.1) is 0 Å². The summed E-state index contributed by atoms with van der Waals surface area (Å²) in [7, 11) is 3.01. The molecule has 1 aliphatic rings. The van der Waals surface area contributed by atoms with E-state index < -0.39 is 36.5 Å². The Morgan fingerprint density at radius 2 is 1.88 bits per heavy atom. The second kappa shape index (κ2) is 11.2. The van der Waals surface area contributed by atoms with Crippen LogP contribution in [-0.4, -0.2) is 55.8 Å². The minimum Gasteiger partial charge on any atom is -0.497 e. The van der Waals surface area contributed by atoms with Gasteiger partial charge >= 0.3 is 5.97 Å². The van der Waals surface area contributed by atoms with Crippen molar-refractivity contribution in [3.05, 3.63) is 64.7 Å². The van der Waals surface area contributed by atoms with Crippen molar-refractivity contribution in [2.24, 2.45) is 0 Å². The molecular formula is C25H27ClN2O6. The third kappa shape index (κ3) is 5.39. The van der Waals surface area contributed by atoms with Gasteiger partial charge in [0.15, 0.2) is 12.4 Å². The lowest BCUT2D eigenvalue weighted by molar-refractivity contribution is -0.157. The standard InChI is InChI=1S/C25H27ClN2O6/c1-28(25(13-6-5-12-21(25)29)19-10-3-4-11-20(19)26)22(30)16-34-23(31)15-27-24(32)17-8-7-9-18(14-17)33-2/h3-4,7-11,14H,5-6,12-13,15-16H2,1-2H3,(H,27,32). The second-order valence-electron chi connectivity index (χ2n) is 8.00. The topological polar surface area (TPSA) is 102 Å². The predicted molar refractivity (Wildman–Crippen MR) is 126 cm³/mol. The van der Waals surface area contributed by atoms with Crippen molar-refractivity contribution >= 4 is 35.2 Å². The monoisotopic (exact) mass is 486 g/mol. The highest BCUT2D eigenvalue weighted by atomic mass is 35.5. The molecule has 0 spiro atoms. The van der Waals surface area contributed by atoms with Crippen LogP contribution in [0.1, 0.15) is 41.6 Å². The summed E-state index contributed by atoms with van der Waals surface area (Å²) in [6, 6.07) is 13.4. The smallest absolute Gasteiger partial charge is 0.325 e. The number of hydrogen-bond donors (Lipinski definition) is 1. The molecule has 0 radical (unpaired) electrons. The van der Waals surface area contributed by atoms with Crippen molar-refractivity contribution in [2.75, 3.05) is 27.3 Å². The number of benzene rings is 2. The third-order valence-electron chi connectivity index (χ3n) is 6.00. The van der Waals surface area contributed by atoms with E-state index >= 15 is 0 Å². The minimum atomic E-state index is -1.21. The molecule has 0 aromatic heterocycles. The zero-order valence-corrected chi connectivity index (χ0v) is 19.9. The van der Waals surface area contributed by atoms with Gasteiger partial charge < -0.3 is 19.7 Å². The van der Waals surface area contributed by atoms with Gasteiger partial charge in [-0.05, 0) is 43.5 Å². The molecule has 1 fully saturated rings. The second-order valence-corrected chi connectivity index (χ2v) is 8.41. The summed E-state index contributed by atoms with van der Waals surface area (Å²) in [5, 5.41) is 2.85. The summed E-state index contributed by atoms with van der Waals surface area (Å²) in [5.74, 6) is -1.39. The predicted octanol–water partition coefficient (Wildman–Crippen LogP) is 3.12. The molecule has 1 unspecified atom stereocenters. The lowest BCUT2D eigenvalue weighted by Crippen LogP contribution is -2.55. The number of likely N-dealkylation sites (N-methyl/N-ethyl adjacent to an activating group) is 1. The first kappa shape index (κ1) is 25.2. The SMILES string of the molecule is COc1cccc(C(=O)NCC(=O)OCC(=O)N(C)C2(c3ccccc3Cl)CCCCC2=O)c1. The van der Waals surface area contributed by atoms with E-state index in [2.05, 4.69) is 5.32 Å². The van der Waals surface area contributed by atoms with Crippen molar-refractivity contribution in [1.82, 2.24) is 10.2 Å².